The number of benzene rings is 3. The highest BCUT2D eigenvalue weighted by Gasteiger charge is 2.39. The van der Waals surface area contributed by atoms with Gasteiger partial charge in [-0.3, -0.25) is 10.1 Å². The van der Waals surface area contributed by atoms with E-state index >= 15 is 0 Å². The van der Waals surface area contributed by atoms with Crippen molar-refractivity contribution in [2.45, 2.75) is 37.5 Å². The van der Waals surface area contributed by atoms with Gasteiger partial charge >= 0.3 is 6.09 Å². The van der Waals surface area contributed by atoms with Crippen LogP contribution in [0.4, 0.5) is 10.5 Å². The zero-order chi connectivity index (χ0) is 23.8. The molecule has 3 aromatic carbocycles. The Morgan fingerprint density at radius 2 is 1.47 bits per heavy atom. The SMILES string of the molecule is COc1ccccc1C(=O)N(CC1(c2ccccc2)CCCCC1)OC(=O)Nc1ccccc1. The first-order valence-corrected chi connectivity index (χ1v) is 11.7. The van der Waals surface area contributed by atoms with Gasteiger partial charge in [-0.25, -0.2) is 4.79 Å². The maximum atomic E-state index is 13.7. The lowest BCUT2D eigenvalue weighted by Gasteiger charge is -2.40. The Morgan fingerprint density at radius 1 is 0.853 bits per heavy atom. The molecular weight excluding hydrogens is 428 g/mol. The molecule has 1 aliphatic carbocycles. The second kappa shape index (κ2) is 10.9. The van der Waals surface area contributed by atoms with E-state index in [9.17, 15) is 9.59 Å². The van der Waals surface area contributed by atoms with E-state index in [1.54, 1.807) is 36.4 Å². The molecule has 6 nitrogen and oxygen atoms in total. The second-order valence-corrected chi connectivity index (χ2v) is 8.62. The molecule has 6 heteroatoms. The van der Waals surface area contributed by atoms with Gasteiger partial charge in [0.15, 0.2) is 0 Å². The Labute approximate surface area is 200 Å². The molecule has 2 amide bonds. The van der Waals surface area contributed by atoms with Crippen LogP contribution in [-0.4, -0.2) is 30.7 Å². The van der Waals surface area contributed by atoms with E-state index in [1.165, 1.54) is 12.2 Å². The van der Waals surface area contributed by atoms with Gasteiger partial charge in [0.05, 0.1) is 19.2 Å². The molecule has 0 saturated heterocycles. The predicted molar refractivity (Wildman–Crippen MR) is 132 cm³/mol. The van der Waals surface area contributed by atoms with Gasteiger partial charge in [-0.05, 0) is 42.7 Å². The summed E-state index contributed by atoms with van der Waals surface area (Å²) in [5.41, 5.74) is 1.79. The maximum absolute atomic E-state index is 13.7. The van der Waals surface area contributed by atoms with Gasteiger partial charge in [0.25, 0.3) is 5.91 Å². The number of amides is 2. The number of hydrogen-bond acceptors (Lipinski definition) is 4. The van der Waals surface area contributed by atoms with Crippen molar-refractivity contribution < 1.29 is 19.2 Å². The Balaban J connectivity index is 1.66. The normalized spacial score (nSPS) is 14.6. The van der Waals surface area contributed by atoms with E-state index < -0.39 is 12.0 Å². The van der Waals surface area contributed by atoms with Crippen molar-refractivity contribution in [2.24, 2.45) is 0 Å². The fourth-order valence-corrected chi connectivity index (χ4v) is 4.70. The molecule has 176 valence electrons. The Bertz CT molecular complexity index is 1100. The molecule has 3 aromatic rings. The Kier molecular flexibility index (Phi) is 7.48. The van der Waals surface area contributed by atoms with Crippen LogP contribution in [0.3, 0.4) is 0 Å². The monoisotopic (exact) mass is 458 g/mol. The van der Waals surface area contributed by atoms with Crippen LogP contribution < -0.4 is 10.1 Å². The molecule has 0 aromatic heterocycles. The summed E-state index contributed by atoms with van der Waals surface area (Å²) in [7, 11) is 1.52. The first-order valence-electron chi connectivity index (χ1n) is 11.7. The number of nitrogens with zero attached hydrogens (tertiary/aromatic N) is 1. The molecule has 4 rings (SSSR count). The molecule has 1 N–H and O–H groups in total. The average Bonchev–Trinajstić information content (AvgIpc) is 2.89. The van der Waals surface area contributed by atoms with Crippen molar-refractivity contribution in [3.8, 4) is 5.75 Å². The van der Waals surface area contributed by atoms with Gasteiger partial charge in [-0.15, -0.1) is 0 Å². The predicted octanol–water partition coefficient (Wildman–Crippen LogP) is 6.20. The van der Waals surface area contributed by atoms with Crippen LogP contribution in [0.5, 0.6) is 5.75 Å². The van der Waals surface area contributed by atoms with Crippen LogP contribution in [0.25, 0.3) is 0 Å². The van der Waals surface area contributed by atoms with E-state index in [2.05, 4.69) is 17.4 Å². The molecule has 0 radical (unpaired) electrons. The molecule has 34 heavy (non-hydrogen) atoms. The minimum absolute atomic E-state index is 0.260. The molecule has 0 aliphatic heterocycles. The summed E-state index contributed by atoms with van der Waals surface area (Å²) in [6.45, 7) is 0.260. The first kappa shape index (κ1) is 23.4. The number of hydrogen-bond donors (Lipinski definition) is 1. The first-order chi connectivity index (χ1) is 16.6. The number of nitrogens with one attached hydrogen (secondary N) is 1. The molecule has 0 spiro atoms. The van der Waals surface area contributed by atoms with Gasteiger partial charge in [-0.1, -0.05) is 79.9 Å². The summed E-state index contributed by atoms with van der Waals surface area (Å²) in [4.78, 5) is 32.2. The number of rotatable bonds is 6. The van der Waals surface area contributed by atoms with Gasteiger partial charge in [-0.2, -0.15) is 5.06 Å². The third-order valence-electron chi connectivity index (χ3n) is 6.42. The topological polar surface area (TPSA) is 67.9 Å². The average molecular weight is 459 g/mol. The lowest BCUT2D eigenvalue weighted by Crippen LogP contribution is -2.46. The zero-order valence-electron chi connectivity index (χ0n) is 19.4. The van der Waals surface area contributed by atoms with Gasteiger partial charge in [0.1, 0.15) is 5.75 Å². The number of methoxy groups -OCH3 is 1. The van der Waals surface area contributed by atoms with Crippen molar-refractivity contribution in [2.75, 3.05) is 19.0 Å². The standard InChI is InChI=1S/C28H30N2O4/c1-33-25-18-10-9-17-24(25)26(31)30(34-27(32)29-23-15-7-3-8-16-23)21-28(19-11-4-12-20-28)22-13-5-2-6-14-22/h2-3,5-10,13-18H,4,11-12,19-21H2,1H3,(H,29,32). The third kappa shape index (κ3) is 5.39. The maximum Gasteiger partial charge on any atom is 0.436 e. The lowest BCUT2D eigenvalue weighted by atomic mass is 9.69. The quantitative estimate of drug-likeness (QED) is 0.446. The van der Waals surface area contributed by atoms with E-state index in [4.69, 9.17) is 9.57 Å². The number of carbonyl (C=O) groups excluding carboxylic acids is 2. The molecule has 1 saturated carbocycles. The molecule has 0 atom stereocenters. The number of carbonyl (C=O) groups is 2. The molecule has 1 fully saturated rings. The van der Waals surface area contributed by atoms with Crippen molar-refractivity contribution in [3.05, 3.63) is 96.1 Å². The third-order valence-corrected chi connectivity index (χ3v) is 6.42. The summed E-state index contributed by atoms with van der Waals surface area (Å²) in [6, 6.07) is 26.2. The van der Waals surface area contributed by atoms with E-state index in [-0.39, 0.29) is 12.0 Å². The van der Waals surface area contributed by atoms with Crippen LogP contribution in [0.1, 0.15) is 48.0 Å². The highest BCUT2D eigenvalue weighted by Crippen LogP contribution is 2.40. The highest BCUT2D eigenvalue weighted by atomic mass is 16.7. The number of ether oxygens (including phenoxy) is 1. The molecule has 0 heterocycles. The van der Waals surface area contributed by atoms with Gasteiger partial charge in [0, 0.05) is 11.1 Å². The number of para-hydroxylation sites is 2. The van der Waals surface area contributed by atoms with E-state index in [0.717, 1.165) is 37.7 Å². The van der Waals surface area contributed by atoms with E-state index in [0.29, 0.717) is 17.0 Å². The van der Waals surface area contributed by atoms with Crippen LogP contribution in [0.15, 0.2) is 84.9 Å². The Hall–Kier alpha value is -3.80. The van der Waals surface area contributed by atoms with Crippen LogP contribution in [0, 0.1) is 0 Å². The number of hydroxylamine groups is 2. The van der Waals surface area contributed by atoms with Gasteiger partial charge < -0.3 is 9.57 Å². The molecule has 0 bridgehead atoms. The van der Waals surface area contributed by atoms with Crippen LogP contribution >= 0.6 is 0 Å². The van der Waals surface area contributed by atoms with Crippen LogP contribution in [-0.2, 0) is 10.3 Å². The summed E-state index contributed by atoms with van der Waals surface area (Å²) < 4.78 is 5.41. The summed E-state index contributed by atoms with van der Waals surface area (Å²) in [5, 5.41) is 3.91. The van der Waals surface area contributed by atoms with Crippen molar-refractivity contribution in [3.63, 3.8) is 0 Å². The van der Waals surface area contributed by atoms with Crippen molar-refractivity contribution >= 4 is 17.7 Å². The smallest absolute Gasteiger partial charge is 0.436 e. The number of anilines is 1. The van der Waals surface area contributed by atoms with Crippen molar-refractivity contribution in [1.82, 2.24) is 5.06 Å². The second-order valence-electron chi connectivity index (χ2n) is 8.62. The summed E-state index contributed by atoms with van der Waals surface area (Å²) >= 11 is 0. The highest BCUT2D eigenvalue weighted by molar-refractivity contribution is 5.97. The van der Waals surface area contributed by atoms with E-state index in [1.807, 2.05) is 36.4 Å². The zero-order valence-corrected chi connectivity index (χ0v) is 19.4. The minimum atomic E-state index is -0.714. The van der Waals surface area contributed by atoms with Crippen LogP contribution in [0.2, 0.25) is 0 Å². The molecule has 1 aliphatic rings. The summed E-state index contributed by atoms with van der Waals surface area (Å²) in [6.07, 6.45) is 4.38. The minimum Gasteiger partial charge on any atom is -0.496 e. The van der Waals surface area contributed by atoms with Crippen molar-refractivity contribution in [1.29, 1.82) is 0 Å². The largest absolute Gasteiger partial charge is 0.496 e. The lowest BCUT2D eigenvalue weighted by molar-refractivity contribution is -0.0795. The summed E-state index contributed by atoms with van der Waals surface area (Å²) in [5.74, 6) is 0.0171. The Morgan fingerprint density at radius 3 is 2.15 bits per heavy atom. The molecular formula is C28H30N2O4. The van der Waals surface area contributed by atoms with Gasteiger partial charge in [0.2, 0.25) is 0 Å². The fourth-order valence-electron chi connectivity index (χ4n) is 4.70. The fraction of sp³-hybridized carbons (Fsp3) is 0.286. The molecule has 0 unspecified atom stereocenters.